The van der Waals surface area contributed by atoms with Crippen LogP contribution >= 0.6 is 0 Å². The van der Waals surface area contributed by atoms with E-state index in [4.69, 9.17) is 0 Å². The predicted octanol–water partition coefficient (Wildman–Crippen LogP) is 2.40. The lowest BCUT2D eigenvalue weighted by Gasteiger charge is -2.22. The lowest BCUT2D eigenvalue weighted by Crippen LogP contribution is -2.42. The molecule has 25 heavy (non-hydrogen) atoms. The summed E-state index contributed by atoms with van der Waals surface area (Å²) in [7, 11) is 0. The van der Waals surface area contributed by atoms with Crippen molar-refractivity contribution in [2.45, 2.75) is 18.4 Å². The minimum atomic E-state index is -1.07. The number of aryl methyl sites for hydroxylation is 1. The van der Waals surface area contributed by atoms with E-state index >= 15 is 0 Å². The summed E-state index contributed by atoms with van der Waals surface area (Å²) in [5, 5.41) is 2.78. The fourth-order valence-corrected chi connectivity index (χ4v) is 3.60. The van der Waals surface area contributed by atoms with Gasteiger partial charge in [0.1, 0.15) is 11.4 Å². The van der Waals surface area contributed by atoms with Crippen LogP contribution in [-0.2, 0) is 16.8 Å². The Labute approximate surface area is 143 Å². The Morgan fingerprint density at radius 2 is 1.84 bits per heavy atom. The van der Waals surface area contributed by atoms with Crippen LogP contribution in [0.1, 0.15) is 27.9 Å². The summed E-state index contributed by atoms with van der Waals surface area (Å²) >= 11 is 0. The van der Waals surface area contributed by atoms with Gasteiger partial charge in [0.15, 0.2) is 5.78 Å². The van der Waals surface area contributed by atoms with Crippen LogP contribution in [0.25, 0.3) is 0 Å². The van der Waals surface area contributed by atoms with Gasteiger partial charge in [0.2, 0.25) is 0 Å². The summed E-state index contributed by atoms with van der Waals surface area (Å²) in [5.41, 5.74) is 1.01. The van der Waals surface area contributed by atoms with E-state index in [1.165, 1.54) is 24.3 Å². The minimum Gasteiger partial charge on any atom is -0.319 e. The van der Waals surface area contributed by atoms with Gasteiger partial charge in [-0.3, -0.25) is 14.5 Å². The number of hydrogen-bond acceptors (Lipinski definition) is 3. The van der Waals surface area contributed by atoms with Gasteiger partial charge in [-0.05, 0) is 48.2 Å². The number of halogens is 1. The maximum absolute atomic E-state index is 13.0. The van der Waals surface area contributed by atoms with E-state index in [1.807, 2.05) is 24.3 Å². The minimum absolute atomic E-state index is 0.259. The monoisotopic (exact) mass is 338 g/mol. The second kappa shape index (κ2) is 5.51. The van der Waals surface area contributed by atoms with Gasteiger partial charge in [-0.1, -0.05) is 24.3 Å². The number of Topliss-reactive ketones (excluding diaryl/α,β-unsaturated/α-hetero) is 1. The van der Waals surface area contributed by atoms with Gasteiger partial charge in [0.25, 0.3) is 5.91 Å². The first-order valence-corrected chi connectivity index (χ1v) is 8.02. The fourth-order valence-electron chi connectivity index (χ4n) is 3.60. The van der Waals surface area contributed by atoms with Crippen LogP contribution in [0.3, 0.4) is 0 Å². The van der Waals surface area contributed by atoms with Crippen molar-refractivity contribution < 1.29 is 18.8 Å². The molecule has 0 unspecified atom stereocenters. The number of carbonyl (C=O) groups is 3. The van der Waals surface area contributed by atoms with E-state index < -0.39 is 29.1 Å². The maximum atomic E-state index is 13.0. The van der Waals surface area contributed by atoms with Crippen molar-refractivity contribution in [3.8, 4) is 0 Å². The first kappa shape index (κ1) is 15.5. The van der Waals surface area contributed by atoms with Crippen molar-refractivity contribution in [1.82, 2.24) is 10.2 Å². The topological polar surface area (TPSA) is 66.5 Å². The third kappa shape index (κ3) is 2.33. The molecule has 5 nitrogen and oxygen atoms in total. The fraction of sp³-hybridized carbons (Fsp3) is 0.211. The Hall–Kier alpha value is -3.02. The van der Waals surface area contributed by atoms with E-state index in [1.54, 1.807) is 0 Å². The smallest absolute Gasteiger partial charge is 0.319 e. The number of carbonyl (C=O) groups excluding carboxylic acids is 3. The van der Waals surface area contributed by atoms with Crippen molar-refractivity contribution >= 4 is 17.7 Å². The number of imide groups is 1. The summed E-state index contributed by atoms with van der Waals surface area (Å²) < 4.78 is 13.0. The van der Waals surface area contributed by atoms with Crippen LogP contribution < -0.4 is 5.32 Å². The molecule has 1 aliphatic carbocycles. The number of hydrogen-bond donors (Lipinski definition) is 1. The molecule has 1 atom stereocenters. The molecule has 0 bridgehead atoms. The lowest BCUT2D eigenvalue weighted by molar-refractivity contribution is -0.131. The van der Waals surface area contributed by atoms with Gasteiger partial charge in [-0.15, -0.1) is 0 Å². The van der Waals surface area contributed by atoms with E-state index in [0.29, 0.717) is 12.8 Å². The molecule has 1 heterocycles. The molecule has 1 spiro atoms. The van der Waals surface area contributed by atoms with Crippen molar-refractivity contribution in [3.05, 3.63) is 71.0 Å². The Morgan fingerprint density at radius 1 is 1.12 bits per heavy atom. The summed E-state index contributed by atoms with van der Waals surface area (Å²) in [6.45, 7) is -0.361. The van der Waals surface area contributed by atoms with Gasteiger partial charge in [-0.25, -0.2) is 9.18 Å². The van der Waals surface area contributed by atoms with Crippen molar-refractivity contribution in [2.75, 3.05) is 6.54 Å². The van der Waals surface area contributed by atoms with E-state index in [0.717, 1.165) is 16.0 Å². The third-order valence-corrected chi connectivity index (χ3v) is 4.89. The van der Waals surface area contributed by atoms with Crippen LogP contribution in [0, 0.1) is 5.82 Å². The average molecular weight is 338 g/mol. The molecule has 0 aromatic heterocycles. The quantitative estimate of drug-likeness (QED) is 0.690. The molecule has 1 fully saturated rings. The second-order valence-electron chi connectivity index (χ2n) is 6.31. The molecule has 1 saturated heterocycles. The first-order chi connectivity index (χ1) is 12.0. The highest BCUT2D eigenvalue weighted by Crippen LogP contribution is 2.41. The molecule has 126 valence electrons. The summed E-state index contributed by atoms with van der Waals surface area (Å²) in [4.78, 5) is 38.6. The van der Waals surface area contributed by atoms with E-state index in [2.05, 4.69) is 5.32 Å². The number of nitrogens with zero attached hydrogens (tertiary/aromatic N) is 1. The number of rotatable bonds is 3. The number of fused-ring (bicyclic) bond motifs is 2. The van der Waals surface area contributed by atoms with Gasteiger partial charge in [0.05, 0.1) is 6.54 Å². The van der Waals surface area contributed by atoms with Gasteiger partial charge >= 0.3 is 6.03 Å². The number of urea groups is 1. The Kier molecular flexibility index (Phi) is 3.42. The van der Waals surface area contributed by atoms with E-state index in [-0.39, 0.29) is 12.1 Å². The Bertz CT molecular complexity index is 894. The van der Waals surface area contributed by atoms with Crippen molar-refractivity contribution in [2.24, 2.45) is 0 Å². The van der Waals surface area contributed by atoms with Crippen LogP contribution in [0.5, 0.6) is 0 Å². The average Bonchev–Trinajstić information content (AvgIpc) is 3.09. The zero-order chi connectivity index (χ0) is 17.6. The predicted molar refractivity (Wildman–Crippen MR) is 87.4 cm³/mol. The third-order valence-electron chi connectivity index (χ3n) is 4.89. The van der Waals surface area contributed by atoms with Gasteiger partial charge in [0, 0.05) is 5.56 Å². The van der Waals surface area contributed by atoms with Crippen LogP contribution in [-0.4, -0.2) is 29.2 Å². The largest absolute Gasteiger partial charge is 0.325 e. The molecule has 3 amide bonds. The highest BCUT2D eigenvalue weighted by atomic mass is 19.1. The van der Waals surface area contributed by atoms with E-state index in [9.17, 15) is 18.8 Å². The summed E-state index contributed by atoms with van der Waals surface area (Å²) in [6, 6.07) is 12.0. The highest BCUT2D eigenvalue weighted by molar-refractivity contribution is 6.11. The standard InChI is InChI=1S/C19H15FN2O3/c20-14-7-5-13(6-8-14)16(23)11-22-17(24)19(21-18(22)25)10-9-12-3-1-2-4-15(12)19/h1-8H,9-11H2,(H,21,25)/t19-/m1/s1. The van der Waals surface area contributed by atoms with Crippen molar-refractivity contribution in [3.63, 3.8) is 0 Å². The molecular formula is C19H15FN2O3. The molecule has 2 aliphatic rings. The number of ketones is 1. The highest BCUT2D eigenvalue weighted by Gasteiger charge is 2.55. The lowest BCUT2D eigenvalue weighted by atomic mass is 9.92. The zero-order valence-corrected chi connectivity index (χ0v) is 13.3. The molecule has 4 rings (SSSR count). The second-order valence-corrected chi connectivity index (χ2v) is 6.31. The number of amides is 3. The van der Waals surface area contributed by atoms with Gasteiger partial charge in [-0.2, -0.15) is 0 Å². The van der Waals surface area contributed by atoms with Crippen molar-refractivity contribution in [1.29, 1.82) is 0 Å². The SMILES string of the molecule is O=C(CN1C(=O)N[C@@]2(CCc3ccccc32)C1=O)c1ccc(F)cc1. The van der Waals surface area contributed by atoms with Gasteiger partial charge < -0.3 is 5.32 Å². The molecule has 2 aromatic rings. The first-order valence-electron chi connectivity index (χ1n) is 8.02. The molecule has 1 N–H and O–H groups in total. The zero-order valence-electron chi connectivity index (χ0n) is 13.3. The molecule has 1 aliphatic heterocycles. The molecule has 2 aromatic carbocycles. The summed E-state index contributed by atoms with van der Waals surface area (Å²) in [5.74, 6) is -1.27. The Morgan fingerprint density at radius 3 is 2.60 bits per heavy atom. The van der Waals surface area contributed by atoms with Crippen LogP contribution in [0.4, 0.5) is 9.18 Å². The number of nitrogens with one attached hydrogen (secondary N) is 1. The van der Waals surface area contributed by atoms with Crippen LogP contribution in [0.2, 0.25) is 0 Å². The normalized spacial score (nSPS) is 21.6. The molecule has 6 heteroatoms. The number of benzene rings is 2. The Balaban J connectivity index is 1.61. The van der Waals surface area contributed by atoms with Crippen LogP contribution in [0.15, 0.2) is 48.5 Å². The summed E-state index contributed by atoms with van der Waals surface area (Å²) in [6.07, 6.45) is 1.18. The maximum Gasteiger partial charge on any atom is 0.325 e. The molecular weight excluding hydrogens is 323 g/mol. The molecule has 0 saturated carbocycles. The molecule has 0 radical (unpaired) electrons.